The van der Waals surface area contributed by atoms with Gasteiger partial charge in [0.25, 0.3) is 0 Å². The molecule has 0 atom stereocenters. The van der Waals surface area contributed by atoms with E-state index in [1.165, 1.54) is 0 Å². The second-order valence-electron chi connectivity index (χ2n) is 3.49. The van der Waals surface area contributed by atoms with Crippen LogP contribution in [0.1, 0.15) is 6.92 Å². The van der Waals surface area contributed by atoms with E-state index >= 15 is 0 Å². The van der Waals surface area contributed by atoms with Crippen LogP contribution in [0.25, 0.3) is 0 Å². The Balaban J connectivity index is 2.76. The molecule has 0 spiro atoms. The molecule has 0 aromatic heterocycles. The Kier molecular flexibility index (Phi) is 4.33. The molecule has 6 heteroatoms. The number of nitrogen functional groups attached to an aromatic ring is 1. The zero-order chi connectivity index (χ0) is 12.8. The van der Waals surface area contributed by atoms with Crippen LogP contribution in [-0.2, 0) is 4.79 Å². The molecule has 1 aromatic carbocycles. The molecule has 3 amide bonds. The number of urea groups is 1. The van der Waals surface area contributed by atoms with E-state index in [2.05, 4.69) is 0 Å². The van der Waals surface area contributed by atoms with Gasteiger partial charge in [0.1, 0.15) is 0 Å². The SMILES string of the molecule is CCN(CC(=O)NC(N)=O)c1ccccc1N. The van der Waals surface area contributed by atoms with Crippen molar-refractivity contribution in [2.45, 2.75) is 6.92 Å². The predicted octanol–water partition coefficient (Wildman–Crippen LogP) is 0.290. The van der Waals surface area contributed by atoms with Gasteiger partial charge in [-0.05, 0) is 19.1 Å². The number of carbonyl (C=O) groups is 2. The van der Waals surface area contributed by atoms with Crippen LogP contribution >= 0.6 is 0 Å². The Labute approximate surface area is 99.6 Å². The van der Waals surface area contributed by atoms with Crippen LogP contribution in [0.2, 0.25) is 0 Å². The minimum Gasteiger partial charge on any atom is -0.397 e. The van der Waals surface area contributed by atoms with Crippen molar-refractivity contribution in [3.8, 4) is 0 Å². The van der Waals surface area contributed by atoms with Gasteiger partial charge in [-0.25, -0.2) is 4.79 Å². The number of hydrogen-bond acceptors (Lipinski definition) is 4. The Bertz CT molecular complexity index is 420. The number of anilines is 2. The van der Waals surface area contributed by atoms with Gasteiger partial charge in [-0.3, -0.25) is 10.1 Å². The molecule has 0 aliphatic carbocycles. The molecule has 1 aromatic rings. The van der Waals surface area contributed by atoms with Crippen LogP contribution in [0.4, 0.5) is 16.2 Å². The van der Waals surface area contributed by atoms with E-state index in [9.17, 15) is 9.59 Å². The molecule has 1 rings (SSSR count). The summed E-state index contributed by atoms with van der Waals surface area (Å²) in [5.74, 6) is -0.456. The summed E-state index contributed by atoms with van der Waals surface area (Å²) < 4.78 is 0. The second-order valence-corrected chi connectivity index (χ2v) is 3.49. The third-order valence-corrected chi connectivity index (χ3v) is 2.26. The summed E-state index contributed by atoms with van der Waals surface area (Å²) in [5, 5.41) is 2.01. The van der Waals surface area contributed by atoms with Gasteiger partial charge in [0.05, 0.1) is 17.9 Å². The number of carbonyl (C=O) groups excluding carboxylic acids is 2. The van der Waals surface area contributed by atoms with E-state index in [4.69, 9.17) is 11.5 Å². The number of primary amides is 1. The molecule has 0 saturated heterocycles. The number of nitrogens with zero attached hydrogens (tertiary/aromatic N) is 1. The first-order valence-electron chi connectivity index (χ1n) is 5.23. The topological polar surface area (TPSA) is 101 Å². The number of imide groups is 1. The molecule has 0 aliphatic rings. The summed E-state index contributed by atoms with van der Waals surface area (Å²) in [7, 11) is 0. The number of nitrogens with two attached hydrogens (primary N) is 2. The number of amides is 3. The van der Waals surface area contributed by atoms with Crippen molar-refractivity contribution in [1.29, 1.82) is 0 Å². The summed E-state index contributed by atoms with van der Waals surface area (Å²) in [5.41, 5.74) is 12.0. The van der Waals surface area contributed by atoms with Gasteiger partial charge >= 0.3 is 6.03 Å². The lowest BCUT2D eigenvalue weighted by molar-refractivity contribution is -0.118. The molecule has 0 fully saturated rings. The monoisotopic (exact) mass is 236 g/mol. The first-order chi connectivity index (χ1) is 8.04. The molecule has 17 heavy (non-hydrogen) atoms. The summed E-state index contributed by atoms with van der Waals surface area (Å²) >= 11 is 0. The molecule has 0 unspecified atom stereocenters. The fourth-order valence-electron chi connectivity index (χ4n) is 1.49. The van der Waals surface area contributed by atoms with Gasteiger partial charge < -0.3 is 16.4 Å². The number of hydrogen-bond donors (Lipinski definition) is 3. The molecule has 0 radical (unpaired) electrons. The largest absolute Gasteiger partial charge is 0.397 e. The van der Waals surface area contributed by atoms with Crippen molar-refractivity contribution in [2.24, 2.45) is 5.73 Å². The van der Waals surface area contributed by atoms with Crippen molar-refractivity contribution in [2.75, 3.05) is 23.7 Å². The normalized spacial score (nSPS) is 9.71. The van der Waals surface area contributed by atoms with Gasteiger partial charge in [-0.15, -0.1) is 0 Å². The zero-order valence-corrected chi connectivity index (χ0v) is 9.64. The maximum absolute atomic E-state index is 11.4. The average Bonchev–Trinajstić information content (AvgIpc) is 2.26. The third-order valence-electron chi connectivity index (χ3n) is 2.26. The summed E-state index contributed by atoms with van der Waals surface area (Å²) in [6.45, 7) is 2.53. The fourth-order valence-corrected chi connectivity index (χ4v) is 1.49. The van der Waals surface area contributed by atoms with Crippen molar-refractivity contribution in [3.63, 3.8) is 0 Å². The number of benzene rings is 1. The van der Waals surface area contributed by atoms with Crippen molar-refractivity contribution < 1.29 is 9.59 Å². The zero-order valence-electron chi connectivity index (χ0n) is 9.64. The first kappa shape index (κ1) is 12.8. The van der Waals surface area contributed by atoms with E-state index in [0.717, 1.165) is 5.69 Å². The number of rotatable bonds is 4. The lowest BCUT2D eigenvalue weighted by Gasteiger charge is -2.23. The Morgan fingerprint density at radius 3 is 2.53 bits per heavy atom. The Morgan fingerprint density at radius 1 is 1.35 bits per heavy atom. The van der Waals surface area contributed by atoms with Gasteiger partial charge in [0.2, 0.25) is 5.91 Å². The van der Waals surface area contributed by atoms with E-state index < -0.39 is 11.9 Å². The molecule has 0 saturated carbocycles. The molecule has 0 bridgehead atoms. The van der Waals surface area contributed by atoms with Crippen LogP contribution in [0.5, 0.6) is 0 Å². The predicted molar refractivity (Wildman–Crippen MR) is 66.5 cm³/mol. The standard InChI is InChI=1S/C11H16N4O2/c1-2-15(7-10(16)14-11(13)17)9-6-4-3-5-8(9)12/h3-6H,2,7,12H2,1H3,(H3,13,14,16,17). The lowest BCUT2D eigenvalue weighted by atomic mass is 10.2. The van der Waals surface area contributed by atoms with Gasteiger partial charge in [0, 0.05) is 6.54 Å². The molecule has 5 N–H and O–H groups in total. The molecule has 92 valence electrons. The minimum absolute atomic E-state index is 0.0354. The quantitative estimate of drug-likeness (QED) is 0.654. The van der Waals surface area contributed by atoms with Crippen LogP contribution in [0.15, 0.2) is 24.3 Å². The summed E-state index contributed by atoms with van der Waals surface area (Å²) in [4.78, 5) is 23.7. The van der Waals surface area contributed by atoms with Gasteiger partial charge in [-0.1, -0.05) is 12.1 Å². The van der Waals surface area contributed by atoms with Crippen molar-refractivity contribution >= 4 is 23.3 Å². The second kappa shape index (κ2) is 5.74. The molecule has 0 aliphatic heterocycles. The van der Waals surface area contributed by atoms with Crippen LogP contribution in [0.3, 0.4) is 0 Å². The van der Waals surface area contributed by atoms with E-state index in [1.807, 2.05) is 30.4 Å². The number of likely N-dealkylation sites (N-methyl/N-ethyl adjacent to an activating group) is 1. The van der Waals surface area contributed by atoms with E-state index in [-0.39, 0.29) is 6.54 Å². The van der Waals surface area contributed by atoms with Gasteiger partial charge in [0.15, 0.2) is 0 Å². The van der Waals surface area contributed by atoms with Crippen LogP contribution < -0.4 is 21.7 Å². The number of para-hydroxylation sites is 2. The van der Waals surface area contributed by atoms with Gasteiger partial charge in [-0.2, -0.15) is 0 Å². The highest BCUT2D eigenvalue weighted by Gasteiger charge is 2.12. The van der Waals surface area contributed by atoms with Crippen molar-refractivity contribution in [3.05, 3.63) is 24.3 Å². The van der Waals surface area contributed by atoms with Crippen LogP contribution in [0, 0.1) is 0 Å². The summed E-state index contributed by atoms with van der Waals surface area (Å²) in [6.07, 6.45) is 0. The maximum atomic E-state index is 11.4. The molecular weight excluding hydrogens is 220 g/mol. The van der Waals surface area contributed by atoms with Crippen molar-refractivity contribution in [1.82, 2.24) is 5.32 Å². The Morgan fingerprint density at radius 2 is 2.00 bits per heavy atom. The highest BCUT2D eigenvalue weighted by atomic mass is 16.2. The van der Waals surface area contributed by atoms with E-state index in [1.54, 1.807) is 11.0 Å². The summed E-state index contributed by atoms with van der Waals surface area (Å²) in [6, 6.07) is 6.36. The Hall–Kier alpha value is -2.24. The highest BCUT2D eigenvalue weighted by Crippen LogP contribution is 2.21. The first-order valence-corrected chi connectivity index (χ1v) is 5.23. The average molecular weight is 236 g/mol. The highest BCUT2D eigenvalue weighted by molar-refractivity contribution is 5.96. The minimum atomic E-state index is -0.855. The smallest absolute Gasteiger partial charge is 0.318 e. The maximum Gasteiger partial charge on any atom is 0.318 e. The fraction of sp³-hybridized carbons (Fsp3) is 0.273. The molecular formula is C11H16N4O2. The number of nitrogens with one attached hydrogen (secondary N) is 1. The van der Waals surface area contributed by atoms with E-state index in [0.29, 0.717) is 12.2 Å². The third kappa shape index (κ3) is 3.67. The molecule has 6 nitrogen and oxygen atoms in total. The lowest BCUT2D eigenvalue weighted by Crippen LogP contribution is -2.42. The van der Waals surface area contributed by atoms with Crippen LogP contribution in [-0.4, -0.2) is 25.0 Å². The molecule has 0 heterocycles.